The van der Waals surface area contributed by atoms with Crippen LogP contribution in [0.5, 0.6) is 5.75 Å². The van der Waals surface area contributed by atoms with E-state index in [-0.39, 0.29) is 24.4 Å². The van der Waals surface area contributed by atoms with Gasteiger partial charge in [0.05, 0.1) is 18.4 Å². The summed E-state index contributed by atoms with van der Waals surface area (Å²) in [6, 6.07) is 17.2. The van der Waals surface area contributed by atoms with E-state index in [1.165, 1.54) is 17.6 Å². The number of rotatable bonds is 9. The van der Waals surface area contributed by atoms with Crippen LogP contribution in [0.15, 0.2) is 71.3 Å². The highest BCUT2D eigenvalue weighted by molar-refractivity contribution is 6.01. The van der Waals surface area contributed by atoms with E-state index in [0.29, 0.717) is 29.3 Å². The number of amides is 2. The molecule has 2 aromatic carbocycles. The zero-order chi connectivity index (χ0) is 25.6. The number of aromatic nitrogens is 3. The Kier molecular flexibility index (Phi) is 7.49. The van der Waals surface area contributed by atoms with Crippen molar-refractivity contribution in [2.75, 3.05) is 11.5 Å². The number of para-hydroxylation sites is 1. The molecule has 9 heteroatoms. The Balaban J connectivity index is 1.51. The lowest BCUT2D eigenvalue weighted by molar-refractivity contribution is -0.128. The van der Waals surface area contributed by atoms with Gasteiger partial charge in [0.15, 0.2) is 6.04 Å². The first kappa shape index (κ1) is 24.5. The minimum Gasteiger partial charge on any atom is -0.494 e. The minimum absolute atomic E-state index is 0.0789. The molecule has 0 aliphatic heterocycles. The summed E-state index contributed by atoms with van der Waals surface area (Å²) in [5.74, 6) is 0.480. The van der Waals surface area contributed by atoms with Crippen molar-refractivity contribution in [3.8, 4) is 5.75 Å². The summed E-state index contributed by atoms with van der Waals surface area (Å²) in [5, 5.41) is 11.5. The number of carbonyl (C=O) groups excluding carboxylic acids is 2. The standard InChI is InChI=1S/C28H31N5O4/c1-2-36-22-16-14-21(15-17-22)33(26(34)19-32-24-12-7-6-11-23(24)30-31-32)27(25-13-8-18-37-25)28(35)29-20-9-4-3-5-10-20/h6-8,11-18,20,27H,2-5,9-10,19H2,1H3,(H,29,35)/t27-/m0/s1. The lowest BCUT2D eigenvalue weighted by Crippen LogP contribution is -2.48. The number of hydrogen-bond acceptors (Lipinski definition) is 6. The molecule has 1 aliphatic carbocycles. The molecule has 1 atom stereocenters. The summed E-state index contributed by atoms with van der Waals surface area (Å²) in [5.41, 5.74) is 1.99. The van der Waals surface area contributed by atoms with Crippen LogP contribution < -0.4 is 15.0 Å². The van der Waals surface area contributed by atoms with Gasteiger partial charge in [0.1, 0.15) is 23.6 Å². The van der Waals surface area contributed by atoms with E-state index in [1.807, 2.05) is 31.2 Å². The predicted molar refractivity (Wildman–Crippen MR) is 139 cm³/mol. The number of ether oxygens (including phenoxy) is 1. The Morgan fingerprint density at radius 1 is 1.08 bits per heavy atom. The fourth-order valence-corrected chi connectivity index (χ4v) is 4.89. The Bertz CT molecular complexity index is 1330. The third-order valence-corrected chi connectivity index (χ3v) is 6.67. The summed E-state index contributed by atoms with van der Waals surface area (Å²) < 4.78 is 12.9. The topological polar surface area (TPSA) is 102 Å². The molecule has 5 rings (SSSR count). The first-order chi connectivity index (χ1) is 18.1. The Morgan fingerprint density at radius 3 is 2.59 bits per heavy atom. The van der Waals surface area contributed by atoms with Gasteiger partial charge >= 0.3 is 0 Å². The second-order valence-corrected chi connectivity index (χ2v) is 9.19. The second kappa shape index (κ2) is 11.3. The molecule has 1 N–H and O–H groups in total. The van der Waals surface area contributed by atoms with Crippen molar-refractivity contribution >= 4 is 28.5 Å². The summed E-state index contributed by atoms with van der Waals surface area (Å²) in [7, 11) is 0. The van der Waals surface area contributed by atoms with Crippen molar-refractivity contribution in [3.05, 3.63) is 72.7 Å². The van der Waals surface area contributed by atoms with Gasteiger partial charge in [-0.15, -0.1) is 5.10 Å². The minimum atomic E-state index is -0.989. The highest BCUT2D eigenvalue weighted by Crippen LogP contribution is 2.31. The van der Waals surface area contributed by atoms with Crippen LogP contribution in [0.1, 0.15) is 50.8 Å². The second-order valence-electron chi connectivity index (χ2n) is 9.19. The molecule has 4 aromatic rings. The van der Waals surface area contributed by atoms with Gasteiger partial charge in [-0.2, -0.15) is 0 Å². The number of benzene rings is 2. The normalized spacial score (nSPS) is 14.8. The molecule has 2 heterocycles. The van der Waals surface area contributed by atoms with E-state index < -0.39 is 6.04 Å². The molecule has 0 radical (unpaired) electrons. The van der Waals surface area contributed by atoms with Gasteiger partial charge in [-0.1, -0.05) is 36.6 Å². The van der Waals surface area contributed by atoms with Gasteiger partial charge in [-0.25, -0.2) is 4.68 Å². The average Bonchev–Trinajstić information content (AvgIpc) is 3.59. The zero-order valence-corrected chi connectivity index (χ0v) is 20.9. The van der Waals surface area contributed by atoms with Gasteiger partial charge < -0.3 is 14.5 Å². The summed E-state index contributed by atoms with van der Waals surface area (Å²) in [6.07, 6.45) is 6.71. The van der Waals surface area contributed by atoms with Crippen LogP contribution in [0.4, 0.5) is 5.69 Å². The number of nitrogens with zero attached hydrogens (tertiary/aromatic N) is 4. The molecular weight excluding hydrogens is 470 g/mol. The largest absolute Gasteiger partial charge is 0.494 e. The smallest absolute Gasteiger partial charge is 0.251 e. The van der Waals surface area contributed by atoms with Crippen LogP contribution in [0.2, 0.25) is 0 Å². The molecule has 37 heavy (non-hydrogen) atoms. The highest BCUT2D eigenvalue weighted by Gasteiger charge is 2.36. The number of nitrogens with one attached hydrogen (secondary N) is 1. The maximum atomic E-state index is 14.0. The summed E-state index contributed by atoms with van der Waals surface area (Å²) >= 11 is 0. The molecule has 0 bridgehead atoms. The molecule has 0 saturated heterocycles. The van der Waals surface area contributed by atoms with Crippen molar-refractivity contribution in [2.45, 2.75) is 57.7 Å². The van der Waals surface area contributed by atoms with Gasteiger partial charge in [-0.05, 0) is 68.3 Å². The molecule has 1 saturated carbocycles. The van der Waals surface area contributed by atoms with E-state index in [0.717, 1.165) is 31.2 Å². The Morgan fingerprint density at radius 2 is 1.86 bits per heavy atom. The molecule has 192 valence electrons. The lowest BCUT2D eigenvalue weighted by Gasteiger charge is -2.32. The molecule has 1 aliphatic rings. The maximum Gasteiger partial charge on any atom is 0.251 e. The Labute approximate surface area is 215 Å². The van der Waals surface area contributed by atoms with E-state index >= 15 is 0 Å². The molecule has 9 nitrogen and oxygen atoms in total. The monoisotopic (exact) mass is 501 g/mol. The fraction of sp³-hybridized carbons (Fsp3) is 0.357. The van der Waals surface area contributed by atoms with Crippen molar-refractivity contribution in [1.82, 2.24) is 20.3 Å². The molecule has 0 spiro atoms. The lowest BCUT2D eigenvalue weighted by atomic mass is 9.95. The molecule has 0 unspecified atom stereocenters. The molecular formula is C28H31N5O4. The van der Waals surface area contributed by atoms with Crippen molar-refractivity contribution in [3.63, 3.8) is 0 Å². The zero-order valence-electron chi connectivity index (χ0n) is 20.9. The van der Waals surface area contributed by atoms with Crippen molar-refractivity contribution < 1.29 is 18.7 Å². The van der Waals surface area contributed by atoms with Gasteiger partial charge in [0.2, 0.25) is 5.91 Å². The van der Waals surface area contributed by atoms with Gasteiger partial charge in [0.25, 0.3) is 5.91 Å². The Hall–Kier alpha value is -4.14. The van der Waals surface area contributed by atoms with Crippen LogP contribution >= 0.6 is 0 Å². The molecule has 1 fully saturated rings. The van der Waals surface area contributed by atoms with Gasteiger partial charge in [-0.3, -0.25) is 14.5 Å². The number of furan rings is 1. The molecule has 2 aromatic heterocycles. The predicted octanol–water partition coefficient (Wildman–Crippen LogP) is 4.65. The first-order valence-corrected chi connectivity index (χ1v) is 12.8. The van der Waals surface area contributed by atoms with Crippen LogP contribution in [0.25, 0.3) is 11.0 Å². The van der Waals surface area contributed by atoms with Crippen LogP contribution in [0.3, 0.4) is 0 Å². The number of hydrogen-bond donors (Lipinski definition) is 1. The SMILES string of the molecule is CCOc1ccc(N(C(=O)Cn2nnc3ccccc32)[C@H](C(=O)NC2CCCCC2)c2ccco2)cc1. The van der Waals surface area contributed by atoms with Gasteiger partial charge in [0, 0.05) is 11.7 Å². The van der Waals surface area contributed by atoms with Crippen molar-refractivity contribution in [1.29, 1.82) is 0 Å². The number of fused-ring (bicyclic) bond motifs is 1. The third kappa shape index (κ3) is 5.50. The van der Waals surface area contributed by atoms with Crippen LogP contribution in [-0.4, -0.2) is 39.5 Å². The van der Waals surface area contributed by atoms with E-state index in [4.69, 9.17) is 9.15 Å². The average molecular weight is 502 g/mol. The van der Waals surface area contributed by atoms with Crippen LogP contribution in [-0.2, 0) is 16.1 Å². The van der Waals surface area contributed by atoms with E-state index in [2.05, 4.69) is 15.6 Å². The van der Waals surface area contributed by atoms with E-state index in [1.54, 1.807) is 41.1 Å². The molecule has 2 amide bonds. The number of carbonyl (C=O) groups is 2. The maximum absolute atomic E-state index is 14.0. The van der Waals surface area contributed by atoms with Crippen molar-refractivity contribution in [2.24, 2.45) is 0 Å². The third-order valence-electron chi connectivity index (χ3n) is 6.67. The fourth-order valence-electron chi connectivity index (χ4n) is 4.89. The first-order valence-electron chi connectivity index (χ1n) is 12.8. The van der Waals surface area contributed by atoms with Crippen LogP contribution in [0, 0.1) is 0 Å². The highest BCUT2D eigenvalue weighted by atomic mass is 16.5. The summed E-state index contributed by atoms with van der Waals surface area (Å²) in [4.78, 5) is 29.3. The van der Waals surface area contributed by atoms with E-state index in [9.17, 15) is 9.59 Å². The summed E-state index contributed by atoms with van der Waals surface area (Å²) in [6.45, 7) is 2.34. The quantitative estimate of drug-likeness (QED) is 0.358. The number of anilines is 1.